The van der Waals surface area contributed by atoms with Gasteiger partial charge in [-0.25, -0.2) is 0 Å². The Morgan fingerprint density at radius 2 is 1.90 bits per heavy atom. The number of nitrogens with one attached hydrogen (secondary N) is 1. The molecular weight excluding hydrogens is 340 g/mol. The molecule has 0 spiro atoms. The highest BCUT2D eigenvalue weighted by Crippen LogP contribution is 2.25. The van der Waals surface area contributed by atoms with Gasteiger partial charge in [-0.2, -0.15) is 0 Å². The zero-order chi connectivity index (χ0) is 15.4. The minimum Gasteiger partial charge on any atom is -0.497 e. The molecule has 0 unspecified atom stereocenters. The van der Waals surface area contributed by atoms with Gasteiger partial charge in [-0.3, -0.25) is 14.9 Å². The molecule has 21 heavy (non-hydrogen) atoms. The summed E-state index contributed by atoms with van der Waals surface area (Å²) in [6, 6.07) is 10.9. The first-order valence-electron chi connectivity index (χ1n) is 5.90. The number of carbonyl (C=O) groups excluding carboxylic acids is 1. The van der Waals surface area contributed by atoms with Crippen LogP contribution in [0.25, 0.3) is 0 Å². The lowest BCUT2D eigenvalue weighted by atomic mass is 10.1. The van der Waals surface area contributed by atoms with Crippen LogP contribution in [-0.4, -0.2) is 17.9 Å². The molecule has 0 radical (unpaired) electrons. The molecule has 7 heteroatoms. The number of nitro benzene ring substituents is 1. The number of hydrogen-bond donors (Lipinski definition) is 1. The Kier molecular flexibility index (Phi) is 4.54. The molecule has 0 aromatic heterocycles. The average Bonchev–Trinajstić information content (AvgIpc) is 2.48. The van der Waals surface area contributed by atoms with Gasteiger partial charge in [0.2, 0.25) is 0 Å². The molecule has 1 amide bonds. The second-order valence-corrected chi connectivity index (χ2v) is 5.02. The van der Waals surface area contributed by atoms with Crippen molar-refractivity contribution in [1.29, 1.82) is 0 Å². The predicted octanol–water partition coefficient (Wildman–Crippen LogP) is 3.62. The lowest BCUT2D eigenvalue weighted by Gasteiger charge is -2.07. The molecule has 0 aliphatic rings. The Morgan fingerprint density at radius 3 is 2.48 bits per heavy atom. The summed E-state index contributed by atoms with van der Waals surface area (Å²) in [5, 5.41) is 13.6. The summed E-state index contributed by atoms with van der Waals surface area (Å²) in [5.74, 6) is -0.190. The van der Waals surface area contributed by atoms with E-state index in [-0.39, 0.29) is 11.3 Å². The summed E-state index contributed by atoms with van der Waals surface area (Å²) in [5.41, 5.74) is 0.216. The summed E-state index contributed by atoms with van der Waals surface area (Å²) in [4.78, 5) is 22.6. The number of halogens is 1. The van der Waals surface area contributed by atoms with E-state index in [1.165, 1.54) is 25.3 Å². The molecule has 0 heterocycles. The number of methoxy groups -OCH3 is 1. The molecule has 6 nitrogen and oxygen atoms in total. The van der Waals surface area contributed by atoms with E-state index in [2.05, 4.69) is 21.2 Å². The third kappa shape index (κ3) is 3.57. The van der Waals surface area contributed by atoms with Gasteiger partial charge < -0.3 is 10.1 Å². The van der Waals surface area contributed by atoms with Crippen molar-refractivity contribution in [2.75, 3.05) is 12.4 Å². The van der Waals surface area contributed by atoms with Crippen LogP contribution in [0.5, 0.6) is 5.75 Å². The van der Waals surface area contributed by atoms with Crippen molar-refractivity contribution in [3.8, 4) is 5.75 Å². The van der Waals surface area contributed by atoms with E-state index < -0.39 is 10.8 Å². The van der Waals surface area contributed by atoms with E-state index >= 15 is 0 Å². The topological polar surface area (TPSA) is 81.5 Å². The molecule has 0 fully saturated rings. The highest BCUT2D eigenvalue weighted by molar-refractivity contribution is 9.10. The van der Waals surface area contributed by atoms with Gasteiger partial charge in [0, 0.05) is 16.2 Å². The van der Waals surface area contributed by atoms with Gasteiger partial charge in [0.05, 0.1) is 12.0 Å². The van der Waals surface area contributed by atoms with Crippen LogP contribution >= 0.6 is 15.9 Å². The van der Waals surface area contributed by atoms with Crippen molar-refractivity contribution in [3.05, 3.63) is 62.6 Å². The highest BCUT2D eigenvalue weighted by Gasteiger charge is 2.21. The fourth-order valence-electron chi connectivity index (χ4n) is 1.71. The first-order valence-corrected chi connectivity index (χ1v) is 6.70. The number of nitro groups is 1. The molecule has 108 valence electrons. The van der Waals surface area contributed by atoms with E-state index in [1.54, 1.807) is 24.3 Å². The SMILES string of the molecule is COc1ccc([N+](=O)[O-])c(C(=O)Nc2ccc(Br)cc2)c1. The van der Waals surface area contributed by atoms with Gasteiger partial charge >= 0.3 is 0 Å². The van der Waals surface area contributed by atoms with Gasteiger partial charge in [0.25, 0.3) is 11.6 Å². The van der Waals surface area contributed by atoms with Crippen molar-refractivity contribution in [2.45, 2.75) is 0 Å². The van der Waals surface area contributed by atoms with Gasteiger partial charge in [-0.05, 0) is 36.4 Å². The fraction of sp³-hybridized carbons (Fsp3) is 0.0714. The van der Waals surface area contributed by atoms with Crippen LogP contribution < -0.4 is 10.1 Å². The molecule has 2 aromatic rings. The molecule has 0 aliphatic heterocycles. The Labute approximate surface area is 129 Å². The van der Waals surface area contributed by atoms with Crippen LogP contribution in [0.3, 0.4) is 0 Å². The average molecular weight is 351 g/mol. The maximum atomic E-state index is 12.2. The van der Waals surface area contributed by atoms with E-state index in [9.17, 15) is 14.9 Å². The molecule has 1 N–H and O–H groups in total. The Hall–Kier alpha value is -2.41. The molecule has 0 aliphatic carbocycles. The third-order valence-corrected chi connectivity index (χ3v) is 3.28. The Balaban J connectivity index is 2.33. The van der Waals surface area contributed by atoms with Crippen molar-refractivity contribution >= 4 is 33.2 Å². The van der Waals surface area contributed by atoms with Crippen molar-refractivity contribution in [2.24, 2.45) is 0 Å². The number of anilines is 1. The minimum atomic E-state index is -0.601. The number of benzene rings is 2. The summed E-state index contributed by atoms with van der Waals surface area (Å²) in [6.07, 6.45) is 0. The summed E-state index contributed by atoms with van der Waals surface area (Å²) in [6.45, 7) is 0. The number of ether oxygens (including phenoxy) is 1. The number of hydrogen-bond acceptors (Lipinski definition) is 4. The highest BCUT2D eigenvalue weighted by atomic mass is 79.9. The molecule has 0 bridgehead atoms. The van der Waals surface area contributed by atoms with Crippen LogP contribution in [0, 0.1) is 10.1 Å². The monoisotopic (exact) mass is 350 g/mol. The smallest absolute Gasteiger partial charge is 0.282 e. The number of rotatable bonds is 4. The molecule has 0 atom stereocenters. The maximum Gasteiger partial charge on any atom is 0.282 e. The van der Waals surface area contributed by atoms with Crippen LogP contribution in [0.4, 0.5) is 11.4 Å². The standard InChI is InChI=1S/C14H11BrN2O4/c1-21-11-6-7-13(17(19)20)12(8-11)14(18)16-10-4-2-9(15)3-5-10/h2-8H,1H3,(H,16,18). The van der Waals surface area contributed by atoms with Gasteiger partial charge in [0.15, 0.2) is 0 Å². The first kappa shape index (κ1) is 15.0. The first-order chi connectivity index (χ1) is 10.0. The van der Waals surface area contributed by atoms with E-state index in [1.807, 2.05) is 0 Å². The molecular formula is C14H11BrN2O4. The van der Waals surface area contributed by atoms with E-state index in [0.717, 1.165) is 4.47 Å². The zero-order valence-electron chi connectivity index (χ0n) is 11.0. The van der Waals surface area contributed by atoms with Crippen LogP contribution in [-0.2, 0) is 0 Å². The summed E-state index contributed by atoms with van der Waals surface area (Å²) < 4.78 is 5.87. The Bertz CT molecular complexity index is 686. The second-order valence-electron chi connectivity index (χ2n) is 4.10. The number of carbonyl (C=O) groups is 1. The van der Waals surface area contributed by atoms with Crippen LogP contribution in [0.15, 0.2) is 46.9 Å². The third-order valence-electron chi connectivity index (χ3n) is 2.75. The number of amides is 1. The van der Waals surface area contributed by atoms with Crippen molar-refractivity contribution in [1.82, 2.24) is 0 Å². The van der Waals surface area contributed by atoms with Gasteiger partial charge in [-0.15, -0.1) is 0 Å². The lowest BCUT2D eigenvalue weighted by Crippen LogP contribution is -2.14. The summed E-state index contributed by atoms with van der Waals surface area (Å²) in [7, 11) is 1.43. The summed E-state index contributed by atoms with van der Waals surface area (Å²) >= 11 is 3.29. The minimum absolute atomic E-state index is 0.0535. The largest absolute Gasteiger partial charge is 0.497 e. The van der Waals surface area contributed by atoms with E-state index in [4.69, 9.17) is 4.74 Å². The normalized spacial score (nSPS) is 10.0. The van der Waals surface area contributed by atoms with Crippen molar-refractivity contribution in [3.63, 3.8) is 0 Å². The zero-order valence-corrected chi connectivity index (χ0v) is 12.6. The second kappa shape index (κ2) is 6.36. The van der Waals surface area contributed by atoms with Gasteiger partial charge in [-0.1, -0.05) is 15.9 Å². The molecule has 2 aromatic carbocycles. The van der Waals surface area contributed by atoms with Crippen LogP contribution in [0.2, 0.25) is 0 Å². The molecule has 0 saturated heterocycles. The molecule has 2 rings (SSSR count). The van der Waals surface area contributed by atoms with Gasteiger partial charge in [0.1, 0.15) is 11.3 Å². The number of nitrogens with zero attached hydrogens (tertiary/aromatic N) is 1. The quantitative estimate of drug-likeness (QED) is 0.674. The molecule has 0 saturated carbocycles. The van der Waals surface area contributed by atoms with Crippen LogP contribution in [0.1, 0.15) is 10.4 Å². The lowest BCUT2D eigenvalue weighted by molar-refractivity contribution is -0.385. The fourth-order valence-corrected chi connectivity index (χ4v) is 1.98. The predicted molar refractivity (Wildman–Crippen MR) is 81.7 cm³/mol. The Morgan fingerprint density at radius 1 is 1.24 bits per heavy atom. The maximum absolute atomic E-state index is 12.2. The van der Waals surface area contributed by atoms with E-state index in [0.29, 0.717) is 11.4 Å². The van der Waals surface area contributed by atoms with Crippen molar-refractivity contribution < 1.29 is 14.5 Å².